The Morgan fingerprint density at radius 1 is 1.50 bits per heavy atom. The maximum atomic E-state index is 12.6. The molecule has 1 aromatic rings. The van der Waals surface area contributed by atoms with Crippen molar-refractivity contribution in [3.63, 3.8) is 0 Å². The van der Waals surface area contributed by atoms with Gasteiger partial charge in [0.1, 0.15) is 0 Å². The maximum Gasteiger partial charge on any atom is 0.253 e. The highest BCUT2D eigenvalue weighted by atomic mass is 35.5. The van der Waals surface area contributed by atoms with Crippen LogP contribution in [-0.2, 0) is 0 Å². The average Bonchev–Trinajstić information content (AvgIpc) is 2.93. The van der Waals surface area contributed by atoms with Crippen LogP contribution in [0.2, 0.25) is 5.02 Å². The first-order valence-electron chi connectivity index (χ1n) is 7.40. The SMILES string of the molecule is CCCN(CC1CCCN1)C(=O)c1ccc(C)c(Cl)c1. The van der Waals surface area contributed by atoms with Crippen molar-refractivity contribution in [1.29, 1.82) is 0 Å². The van der Waals surface area contributed by atoms with Crippen molar-refractivity contribution in [3.8, 4) is 0 Å². The fraction of sp³-hybridized carbons (Fsp3) is 0.562. The Morgan fingerprint density at radius 3 is 2.90 bits per heavy atom. The minimum Gasteiger partial charge on any atom is -0.337 e. The monoisotopic (exact) mass is 294 g/mol. The molecule has 4 heteroatoms. The van der Waals surface area contributed by atoms with E-state index in [2.05, 4.69) is 12.2 Å². The Morgan fingerprint density at radius 2 is 2.30 bits per heavy atom. The summed E-state index contributed by atoms with van der Waals surface area (Å²) in [4.78, 5) is 14.6. The summed E-state index contributed by atoms with van der Waals surface area (Å²) >= 11 is 6.13. The van der Waals surface area contributed by atoms with Crippen LogP contribution in [0.25, 0.3) is 0 Å². The zero-order chi connectivity index (χ0) is 14.5. The molecule has 3 nitrogen and oxygen atoms in total. The smallest absolute Gasteiger partial charge is 0.253 e. The molecule has 1 aromatic carbocycles. The Balaban J connectivity index is 2.10. The van der Waals surface area contributed by atoms with Gasteiger partial charge in [0.2, 0.25) is 0 Å². The number of rotatable bonds is 5. The van der Waals surface area contributed by atoms with Gasteiger partial charge >= 0.3 is 0 Å². The lowest BCUT2D eigenvalue weighted by Crippen LogP contribution is -2.41. The van der Waals surface area contributed by atoms with Crippen LogP contribution in [-0.4, -0.2) is 36.5 Å². The van der Waals surface area contributed by atoms with E-state index in [0.717, 1.165) is 38.0 Å². The van der Waals surface area contributed by atoms with Crippen LogP contribution >= 0.6 is 11.6 Å². The van der Waals surface area contributed by atoms with Crippen LogP contribution in [0.1, 0.15) is 42.1 Å². The Bertz CT molecular complexity index is 470. The third-order valence-electron chi connectivity index (χ3n) is 3.80. The van der Waals surface area contributed by atoms with Gasteiger partial charge in [0.25, 0.3) is 5.91 Å². The normalized spacial score (nSPS) is 18.2. The van der Waals surface area contributed by atoms with Gasteiger partial charge in [-0.2, -0.15) is 0 Å². The first kappa shape index (κ1) is 15.3. The zero-order valence-electron chi connectivity index (χ0n) is 12.3. The van der Waals surface area contributed by atoms with Crippen molar-refractivity contribution < 1.29 is 4.79 Å². The Labute approximate surface area is 126 Å². The predicted molar refractivity (Wildman–Crippen MR) is 83.4 cm³/mol. The van der Waals surface area contributed by atoms with E-state index in [0.29, 0.717) is 16.6 Å². The standard InChI is InChI=1S/C16H23ClN2O/c1-3-9-19(11-14-5-4-8-18-14)16(20)13-7-6-12(2)15(17)10-13/h6-7,10,14,18H,3-5,8-9,11H2,1-2H3. The quantitative estimate of drug-likeness (QED) is 0.904. The largest absolute Gasteiger partial charge is 0.337 e. The lowest BCUT2D eigenvalue weighted by atomic mass is 10.1. The number of hydrogen-bond donors (Lipinski definition) is 1. The maximum absolute atomic E-state index is 12.6. The van der Waals surface area contributed by atoms with E-state index < -0.39 is 0 Å². The van der Waals surface area contributed by atoms with Gasteiger partial charge in [-0.1, -0.05) is 24.6 Å². The molecule has 110 valence electrons. The molecule has 20 heavy (non-hydrogen) atoms. The molecule has 1 amide bonds. The van der Waals surface area contributed by atoms with Gasteiger partial charge in [0, 0.05) is 29.7 Å². The van der Waals surface area contributed by atoms with Crippen molar-refractivity contribution in [3.05, 3.63) is 34.3 Å². The number of nitrogens with one attached hydrogen (secondary N) is 1. The summed E-state index contributed by atoms with van der Waals surface area (Å²) in [5, 5.41) is 4.11. The summed E-state index contributed by atoms with van der Waals surface area (Å²) in [6, 6.07) is 6.00. The molecule has 1 N–H and O–H groups in total. The second kappa shape index (κ2) is 7.09. The highest BCUT2D eigenvalue weighted by Gasteiger charge is 2.22. The molecule has 1 saturated heterocycles. The Kier molecular flexibility index (Phi) is 5.44. The van der Waals surface area contributed by atoms with E-state index in [-0.39, 0.29) is 5.91 Å². The van der Waals surface area contributed by atoms with Gasteiger partial charge in [-0.05, 0) is 50.4 Å². The van der Waals surface area contributed by atoms with E-state index in [1.807, 2.05) is 24.0 Å². The van der Waals surface area contributed by atoms with Crippen LogP contribution in [0, 0.1) is 6.92 Å². The van der Waals surface area contributed by atoms with Crippen LogP contribution in [0.15, 0.2) is 18.2 Å². The van der Waals surface area contributed by atoms with Gasteiger partial charge < -0.3 is 10.2 Å². The molecule has 1 aliphatic heterocycles. The summed E-state index contributed by atoms with van der Waals surface area (Å²) < 4.78 is 0. The van der Waals surface area contributed by atoms with Crippen LogP contribution in [0.5, 0.6) is 0 Å². The van der Waals surface area contributed by atoms with Crippen molar-refractivity contribution in [1.82, 2.24) is 10.2 Å². The second-order valence-corrected chi connectivity index (χ2v) is 5.92. The molecule has 0 bridgehead atoms. The number of aryl methyl sites for hydroxylation is 1. The van der Waals surface area contributed by atoms with Crippen molar-refractivity contribution in [2.24, 2.45) is 0 Å². The molecule has 0 aliphatic carbocycles. The van der Waals surface area contributed by atoms with Crippen molar-refractivity contribution in [2.45, 2.75) is 39.2 Å². The number of carbonyl (C=O) groups is 1. The zero-order valence-corrected chi connectivity index (χ0v) is 13.0. The molecular formula is C16H23ClN2O. The summed E-state index contributed by atoms with van der Waals surface area (Å²) in [7, 11) is 0. The molecule has 1 unspecified atom stereocenters. The third kappa shape index (κ3) is 3.74. The number of hydrogen-bond acceptors (Lipinski definition) is 2. The third-order valence-corrected chi connectivity index (χ3v) is 4.21. The second-order valence-electron chi connectivity index (χ2n) is 5.51. The molecular weight excluding hydrogens is 272 g/mol. The fourth-order valence-corrected chi connectivity index (χ4v) is 2.81. The molecule has 0 radical (unpaired) electrons. The molecule has 0 aromatic heterocycles. The fourth-order valence-electron chi connectivity index (χ4n) is 2.63. The highest BCUT2D eigenvalue weighted by molar-refractivity contribution is 6.31. The summed E-state index contributed by atoms with van der Waals surface area (Å²) in [6.07, 6.45) is 3.33. The summed E-state index contributed by atoms with van der Waals surface area (Å²) in [5.41, 5.74) is 1.69. The first-order chi connectivity index (χ1) is 9.61. The van der Waals surface area contributed by atoms with E-state index in [9.17, 15) is 4.79 Å². The van der Waals surface area contributed by atoms with Gasteiger partial charge in [0.15, 0.2) is 0 Å². The van der Waals surface area contributed by atoms with E-state index >= 15 is 0 Å². The number of amides is 1. The van der Waals surface area contributed by atoms with E-state index in [1.54, 1.807) is 6.07 Å². The minimum atomic E-state index is 0.0856. The lowest BCUT2D eigenvalue weighted by Gasteiger charge is -2.25. The van der Waals surface area contributed by atoms with Gasteiger partial charge in [-0.3, -0.25) is 4.79 Å². The predicted octanol–water partition coefficient (Wildman–Crippen LogP) is 3.25. The summed E-state index contributed by atoms with van der Waals surface area (Å²) in [5.74, 6) is 0.0856. The number of carbonyl (C=O) groups excluding carboxylic acids is 1. The topological polar surface area (TPSA) is 32.3 Å². The molecule has 1 aliphatic rings. The molecule has 1 heterocycles. The molecule has 0 spiro atoms. The number of benzene rings is 1. The van der Waals surface area contributed by atoms with Crippen LogP contribution in [0.4, 0.5) is 0 Å². The number of halogens is 1. The lowest BCUT2D eigenvalue weighted by molar-refractivity contribution is 0.0742. The Hall–Kier alpha value is -1.06. The molecule has 1 fully saturated rings. The van der Waals surface area contributed by atoms with Crippen LogP contribution < -0.4 is 5.32 Å². The van der Waals surface area contributed by atoms with E-state index in [4.69, 9.17) is 11.6 Å². The molecule has 1 atom stereocenters. The van der Waals surface area contributed by atoms with Gasteiger partial charge in [0.05, 0.1) is 0 Å². The van der Waals surface area contributed by atoms with Crippen molar-refractivity contribution in [2.75, 3.05) is 19.6 Å². The average molecular weight is 295 g/mol. The van der Waals surface area contributed by atoms with Gasteiger partial charge in [-0.25, -0.2) is 0 Å². The van der Waals surface area contributed by atoms with Crippen molar-refractivity contribution >= 4 is 17.5 Å². The van der Waals surface area contributed by atoms with Crippen LogP contribution in [0.3, 0.4) is 0 Å². The molecule has 0 saturated carbocycles. The van der Waals surface area contributed by atoms with E-state index in [1.165, 1.54) is 6.42 Å². The highest BCUT2D eigenvalue weighted by Crippen LogP contribution is 2.18. The molecule has 2 rings (SSSR count). The summed E-state index contributed by atoms with van der Waals surface area (Å²) in [6.45, 7) is 6.70. The van der Waals surface area contributed by atoms with Gasteiger partial charge in [-0.15, -0.1) is 0 Å². The first-order valence-corrected chi connectivity index (χ1v) is 7.78. The minimum absolute atomic E-state index is 0.0856. The number of nitrogens with zero attached hydrogens (tertiary/aromatic N) is 1.